The molecule has 2 atom stereocenters. The first-order valence-corrected chi connectivity index (χ1v) is 7.31. The van der Waals surface area contributed by atoms with E-state index in [2.05, 4.69) is 23.7 Å². The van der Waals surface area contributed by atoms with Gasteiger partial charge in [-0.15, -0.1) is 0 Å². The zero-order chi connectivity index (χ0) is 15.2. The summed E-state index contributed by atoms with van der Waals surface area (Å²) in [5.74, 6) is 6.93. The van der Waals surface area contributed by atoms with Crippen molar-refractivity contribution in [3.05, 3.63) is 29.3 Å². The molecule has 4 nitrogen and oxygen atoms in total. The molecule has 1 aromatic carbocycles. The first kappa shape index (κ1) is 15.8. The van der Waals surface area contributed by atoms with Gasteiger partial charge in [0.1, 0.15) is 12.4 Å². The van der Waals surface area contributed by atoms with Gasteiger partial charge < -0.3 is 14.9 Å². The number of aliphatic hydroxyl groups excluding tert-OH is 2. The van der Waals surface area contributed by atoms with Crippen molar-refractivity contribution in [2.75, 3.05) is 26.9 Å². The summed E-state index contributed by atoms with van der Waals surface area (Å²) in [6.45, 7) is 3.96. The first-order valence-electron chi connectivity index (χ1n) is 7.31. The summed E-state index contributed by atoms with van der Waals surface area (Å²) in [5, 5.41) is 18.3. The lowest BCUT2D eigenvalue weighted by Crippen LogP contribution is -2.34. The smallest absolute Gasteiger partial charge is 0.123 e. The number of likely N-dealkylation sites (tertiary alicyclic amines) is 1. The SMILES string of the molecule is COc1ccc(C#CCO)cc1CN1CCC(C)C1CO. The van der Waals surface area contributed by atoms with Gasteiger partial charge in [0.2, 0.25) is 0 Å². The van der Waals surface area contributed by atoms with Gasteiger partial charge in [-0.05, 0) is 37.1 Å². The second kappa shape index (κ2) is 7.46. The lowest BCUT2D eigenvalue weighted by molar-refractivity contribution is 0.133. The third kappa shape index (κ3) is 3.76. The van der Waals surface area contributed by atoms with E-state index in [1.165, 1.54) is 0 Å². The minimum atomic E-state index is -0.141. The van der Waals surface area contributed by atoms with E-state index in [4.69, 9.17) is 9.84 Å². The van der Waals surface area contributed by atoms with E-state index in [0.29, 0.717) is 5.92 Å². The van der Waals surface area contributed by atoms with Crippen molar-refractivity contribution in [2.45, 2.75) is 25.9 Å². The maximum Gasteiger partial charge on any atom is 0.123 e. The van der Waals surface area contributed by atoms with Crippen molar-refractivity contribution in [1.82, 2.24) is 4.90 Å². The Labute approximate surface area is 126 Å². The fraction of sp³-hybridized carbons (Fsp3) is 0.529. The fourth-order valence-corrected chi connectivity index (χ4v) is 2.92. The number of benzene rings is 1. The number of hydrogen-bond acceptors (Lipinski definition) is 4. The lowest BCUT2D eigenvalue weighted by atomic mass is 10.0. The molecule has 1 aromatic rings. The Balaban J connectivity index is 2.21. The largest absolute Gasteiger partial charge is 0.496 e. The molecule has 0 aliphatic carbocycles. The summed E-state index contributed by atoms with van der Waals surface area (Å²) < 4.78 is 5.42. The van der Waals surface area contributed by atoms with Gasteiger partial charge in [-0.3, -0.25) is 4.90 Å². The Morgan fingerprint density at radius 2 is 2.19 bits per heavy atom. The monoisotopic (exact) mass is 289 g/mol. The van der Waals surface area contributed by atoms with Gasteiger partial charge in [0.25, 0.3) is 0 Å². The Hall–Kier alpha value is -1.54. The normalized spacial score (nSPS) is 21.9. The molecule has 1 aliphatic heterocycles. The van der Waals surface area contributed by atoms with Crippen molar-refractivity contribution in [1.29, 1.82) is 0 Å². The molecule has 0 amide bonds. The quantitative estimate of drug-likeness (QED) is 0.819. The van der Waals surface area contributed by atoms with Gasteiger partial charge in [-0.1, -0.05) is 18.8 Å². The highest BCUT2D eigenvalue weighted by Crippen LogP contribution is 2.28. The standard InChI is InChI=1S/C17H23NO3/c1-13-7-8-18(16(13)12-20)11-15-10-14(4-3-9-19)5-6-17(15)21-2/h5-6,10,13,16,19-20H,7-9,11-12H2,1-2H3. The van der Waals surface area contributed by atoms with Crippen LogP contribution in [0.1, 0.15) is 24.5 Å². The van der Waals surface area contributed by atoms with Gasteiger partial charge in [0, 0.05) is 23.7 Å². The zero-order valence-corrected chi connectivity index (χ0v) is 12.7. The predicted octanol–water partition coefficient (Wildman–Crippen LogP) is 1.24. The van der Waals surface area contributed by atoms with E-state index in [1.54, 1.807) is 7.11 Å². The summed E-state index contributed by atoms with van der Waals surface area (Å²) in [6, 6.07) is 6.01. The number of aliphatic hydroxyl groups is 2. The van der Waals surface area contributed by atoms with E-state index < -0.39 is 0 Å². The summed E-state index contributed by atoms with van der Waals surface area (Å²) in [5.41, 5.74) is 1.93. The average molecular weight is 289 g/mol. The Morgan fingerprint density at radius 1 is 1.38 bits per heavy atom. The van der Waals surface area contributed by atoms with Crippen LogP contribution in [0.3, 0.4) is 0 Å². The van der Waals surface area contributed by atoms with E-state index in [1.807, 2.05) is 18.2 Å². The summed E-state index contributed by atoms with van der Waals surface area (Å²) in [4.78, 5) is 2.30. The second-order valence-corrected chi connectivity index (χ2v) is 5.47. The Kier molecular flexibility index (Phi) is 5.63. The minimum absolute atomic E-state index is 0.141. The first-order chi connectivity index (χ1) is 10.2. The number of rotatable bonds is 4. The molecule has 2 rings (SSSR count). The molecule has 0 radical (unpaired) electrons. The highest BCUT2D eigenvalue weighted by Gasteiger charge is 2.30. The van der Waals surface area contributed by atoms with Crippen LogP contribution < -0.4 is 4.74 Å². The van der Waals surface area contributed by atoms with Crippen LogP contribution in [0.2, 0.25) is 0 Å². The predicted molar refractivity (Wildman–Crippen MR) is 82.0 cm³/mol. The molecule has 0 bridgehead atoms. The summed E-state index contributed by atoms with van der Waals surface area (Å²) >= 11 is 0. The molecule has 1 saturated heterocycles. The molecule has 1 aliphatic rings. The van der Waals surface area contributed by atoms with Crippen LogP contribution in [0.15, 0.2) is 18.2 Å². The van der Waals surface area contributed by atoms with E-state index in [-0.39, 0.29) is 19.3 Å². The van der Waals surface area contributed by atoms with E-state index >= 15 is 0 Å². The molecule has 0 aromatic heterocycles. The van der Waals surface area contributed by atoms with Crippen molar-refractivity contribution in [2.24, 2.45) is 5.92 Å². The summed E-state index contributed by atoms with van der Waals surface area (Å²) in [6.07, 6.45) is 1.11. The van der Waals surface area contributed by atoms with Crippen LogP contribution >= 0.6 is 0 Å². The molecule has 114 valence electrons. The second-order valence-electron chi connectivity index (χ2n) is 5.47. The van der Waals surface area contributed by atoms with Crippen molar-refractivity contribution < 1.29 is 14.9 Å². The highest BCUT2D eigenvalue weighted by molar-refractivity contribution is 5.44. The molecular formula is C17H23NO3. The Bertz CT molecular complexity index is 533. The van der Waals surface area contributed by atoms with Crippen LogP contribution in [-0.4, -0.2) is 48.0 Å². The fourth-order valence-electron chi connectivity index (χ4n) is 2.92. The maximum atomic E-state index is 9.56. The minimum Gasteiger partial charge on any atom is -0.496 e. The van der Waals surface area contributed by atoms with Gasteiger partial charge in [0.15, 0.2) is 0 Å². The van der Waals surface area contributed by atoms with Crippen molar-refractivity contribution >= 4 is 0 Å². The van der Waals surface area contributed by atoms with E-state index in [0.717, 1.165) is 36.4 Å². The maximum absolute atomic E-state index is 9.56. The molecule has 2 N–H and O–H groups in total. The number of methoxy groups -OCH3 is 1. The van der Waals surface area contributed by atoms with Crippen LogP contribution in [0.4, 0.5) is 0 Å². The zero-order valence-electron chi connectivity index (χ0n) is 12.7. The number of nitrogens with zero attached hydrogens (tertiary/aromatic N) is 1. The third-order valence-corrected chi connectivity index (χ3v) is 4.15. The van der Waals surface area contributed by atoms with Crippen molar-refractivity contribution in [3.8, 4) is 17.6 Å². The van der Waals surface area contributed by atoms with Gasteiger partial charge >= 0.3 is 0 Å². The third-order valence-electron chi connectivity index (χ3n) is 4.15. The van der Waals surface area contributed by atoms with Gasteiger partial charge in [-0.25, -0.2) is 0 Å². The molecule has 2 unspecified atom stereocenters. The van der Waals surface area contributed by atoms with Crippen LogP contribution in [0.5, 0.6) is 5.75 Å². The summed E-state index contributed by atoms with van der Waals surface area (Å²) in [7, 11) is 1.66. The molecular weight excluding hydrogens is 266 g/mol. The molecule has 1 heterocycles. The molecule has 4 heteroatoms. The van der Waals surface area contributed by atoms with Gasteiger partial charge in [0.05, 0.1) is 13.7 Å². The van der Waals surface area contributed by atoms with Crippen LogP contribution in [0, 0.1) is 17.8 Å². The number of ether oxygens (including phenoxy) is 1. The van der Waals surface area contributed by atoms with Crippen LogP contribution in [0.25, 0.3) is 0 Å². The van der Waals surface area contributed by atoms with Gasteiger partial charge in [-0.2, -0.15) is 0 Å². The molecule has 0 saturated carbocycles. The lowest BCUT2D eigenvalue weighted by Gasteiger charge is -2.25. The van der Waals surface area contributed by atoms with Crippen molar-refractivity contribution in [3.63, 3.8) is 0 Å². The van der Waals surface area contributed by atoms with E-state index in [9.17, 15) is 5.11 Å². The average Bonchev–Trinajstić information content (AvgIpc) is 2.85. The Morgan fingerprint density at radius 3 is 2.86 bits per heavy atom. The highest BCUT2D eigenvalue weighted by atomic mass is 16.5. The molecule has 21 heavy (non-hydrogen) atoms. The molecule has 1 fully saturated rings. The van der Waals surface area contributed by atoms with Crippen LogP contribution in [-0.2, 0) is 6.54 Å². The molecule has 0 spiro atoms. The topological polar surface area (TPSA) is 52.9 Å². The number of hydrogen-bond donors (Lipinski definition) is 2.